The van der Waals surface area contributed by atoms with Crippen molar-refractivity contribution in [2.45, 2.75) is 12.7 Å². The summed E-state index contributed by atoms with van der Waals surface area (Å²) in [6.45, 7) is 0.157. The van der Waals surface area contributed by atoms with Crippen molar-refractivity contribution in [2.75, 3.05) is 5.32 Å². The van der Waals surface area contributed by atoms with Crippen molar-refractivity contribution in [1.82, 2.24) is 4.57 Å². The average Bonchev–Trinajstić information content (AvgIpc) is 2.81. The maximum Gasteiger partial charge on any atom is 0.471 e. The first-order valence-electron chi connectivity index (χ1n) is 6.13. The third-order valence-electron chi connectivity index (χ3n) is 2.83. The average molecular weight is 312 g/mol. The number of halogens is 3. The van der Waals surface area contributed by atoms with Gasteiger partial charge < -0.3 is 15.0 Å². The van der Waals surface area contributed by atoms with Crippen molar-refractivity contribution in [3.05, 3.63) is 53.9 Å². The lowest BCUT2D eigenvalue weighted by Gasteiger charge is -2.06. The number of carboxylic acid groups (broad SMARTS) is 1. The molecular weight excluding hydrogens is 301 g/mol. The Bertz CT molecular complexity index is 693. The number of anilines is 1. The summed E-state index contributed by atoms with van der Waals surface area (Å²) in [5, 5.41) is 10.7. The van der Waals surface area contributed by atoms with Crippen molar-refractivity contribution < 1.29 is 27.9 Å². The van der Waals surface area contributed by atoms with Crippen LogP contribution in [0.25, 0.3) is 0 Å². The molecule has 0 atom stereocenters. The van der Waals surface area contributed by atoms with Gasteiger partial charge in [0.15, 0.2) is 0 Å². The smallest absolute Gasteiger partial charge is 0.471 e. The molecule has 0 aliphatic carbocycles. The molecule has 0 aliphatic rings. The Morgan fingerprint density at radius 3 is 2.36 bits per heavy atom. The highest BCUT2D eigenvalue weighted by Gasteiger charge is 2.39. The predicted molar refractivity (Wildman–Crippen MR) is 71.6 cm³/mol. The third kappa shape index (κ3) is 3.66. The molecule has 0 fully saturated rings. The van der Waals surface area contributed by atoms with Gasteiger partial charge in [-0.2, -0.15) is 13.2 Å². The van der Waals surface area contributed by atoms with E-state index in [2.05, 4.69) is 0 Å². The standard InChI is InChI=1S/C14H11F3N2O3/c15-14(16,17)13(22)18-10-6-11(12(20)21)19(8-10)7-9-4-2-1-3-5-9/h1-6,8H,7H2,(H,18,22)(H,20,21). The molecule has 1 heterocycles. The van der Waals surface area contributed by atoms with Gasteiger partial charge in [0.05, 0.1) is 5.69 Å². The van der Waals surface area contributed by atoms with E-state index < -0.39 is 18.1 Å². The van der Waals surface area contributed by atoms with E-state index in [0.717, 1.165) is 17.8 Å². The number of aromatic carboxylic acids is 1. The molecule has 22 heavy (non-hydrogen) atoms. The second kappa shape index (κ2) is 5.92. The van der Waals surface area contributed by atoms with Crippen LogP contribution in [-0.4, -0.2) is 27.7 Å². The summed E-state index contributed by atoms with van der Waals surface area (Å²) >= 11 is 0. The highest BCUT2D eigenvalue weighted by Crippen LogP contribution is 2.21. The molecule has 5 nitrogen and oxygen atoms in total. The molecule has 0 aliphatic heterocycles. The number of carboxylic acids is 1. The topological polar surface area (TPSA) is 71.3 Å². The molecule has 1 aromatic carbocycles. The molecule has 0 radical (unpaired) electrons. The fourth-order valence-electron chi connectivity index (χ4n) is 1.87. The first kappa shape index (κ1) is 15.6. The van der Waals surface area contributed by atoms with Gasteiger partial charge in [-0.15, -0.1) is 0 Å². The van der Waals surface area contributed by atoms with Crippen LogP contribution in [0.5, 0.6) is 0 Å². The van der Waals surface area contributed by atoms with E-state index in [-0.39, 0.29) is 17.9 Å². The van der Waals surface area contributed by atoms with Gasteiger partial charge in [0.25, 0.3) is 0 Å². The molecule has 2 rings (SSSR count). The number of nitrogens with zero attached hydrogens (tertiary/aromatic N) is 1. The van der Waals surface area contributed by atoms with Crippen molar-refractivity contribution in [3.63, 3.8) is 0 Å². The molecule has 0 saturated carbocycles. The van der Waals surface area contributed by atoms with E-state index in [1.165, 1.54) is 4.57 Å². The lowest BCUT2D eigenvalue weighted by atomic mass is 10.2. The highest BCUT2D eigenvalue weighted by molar-refractivity contribution is 5.96. The molecule has 0 spiro atoms. The lowest BCUT2D eigenvalue weighted by Crippen LogP contribution is -2.29. The van der Waals surface area contributed by atoms with Crippen LogP contribution in [-0.2, 0) is 11.3 Å². The van der Waals surface area contributed by atoms with Gasteiger partial charge in [0, 0.05) is 12.7 Å². The molecule has 8 heteroatoms. The van der Waals surface area contributed by atoms with Crippen molar-refractivity contribution >= 4 is 17.6 Å². The summed E-state index contributed by atoms with van der Waals surface area (Å²) < 4.78 is 37.9. The normalized spacial score (nSPS) is 11.2. The Morgan fingerprint density at radius 1 is 1.18 bits per heavy atom. The number of benzene rings is 1. The number of hydrogen-bond donors (Lipinski definition) is 2. The van der Waals surface area contributed by atoms with E-state index in [4.69, 9.17) is 5.11 Å². The number of rotatable bonds is 4. The quantitative estimate of drug-likeness (QED) is 0.912. The van der Waals surface area contributed by atoms with E-state index in [9.17, 15) is 22.8 Å². The molecule has 116 valence electrons. The SMILES string of the molecule is O=C(O)c1cc(NC(=O)C(F)(F)F)cn1Cc1ccccc1. The van der Waals surface area contributed by atoms with E-state index in [1.54, 1.807) is 35.6 Å². The van der Waals surface area contributed by atoms with Gasteiger partial charge in [-0.25, -0.2) is 4.79 Å². The Kier molecular flexibility index (Phi) is 4.20. The van der Waals surface area contributed by atoms with Crippen LogP contribution in [0.2, 0.25) is 0 Å². The summed E-state index contributed by atoms with van der Waals surface area (Å²) in [7, 11) is 0. The maximum atomic E-state index is 12.2. The van der Waals surface area contributed by atoms with Gasteiger partial charge in [-0.05, 0) is 11.6 Å². The summed E-state index contributed by atoms with van der Waals surface area (Å²) in [6, 6.07) is 9.78. The number of carbonyl (C=O) groups excluding carboxylic acids is 1. The minimum atomic E-state index is -5.04. The first-order chi connectivity index (χ1) is 10.3. The Hall–Kier alpha value is -2.77. The molecule has 1 aromatic heterocycles. The predicted octanol–water partition coefficient (Wildman–Crippen LogP) is 2.74. The van der Waals surface area contributed by atoms with Gasteiger partial charge in [0.2, 0.25) is 0 Å². The summed E-state index contributed by atoms with van der Waals surface area (Å²) in [6.07, 6.45) is -3.88. The van der Waals surface area contributed by atoms with Crippen LogP contribution in [0.1, 0.15) is 16.1 Å². The molecule has 0 unspecified atom stereocenters. The fraction of sp³-hybridized carbons (Fsp3) is 0.143. The zero-order valence-corrected chi connectivity index (χ0v) is 11.1. The number of alkyl halides is 3. The molecule has 1 amide bonds. The molecule has 2 aromatic rings. The molecule has 0 saturated heterocycles. The van der Waals surface area contributed by atoms with E-state index in [0.29, 0.717) is 0 Å². The van der Waals surface area contributed by atoms with Crippen LogP contribution in [0.15, 0.2) is 42.6 Å². The van der Waals surface area contributed by atoms with Crippen molar-refractivity contribution in [3.8, 4) is 0 Å². The zero-order chi connectivity index (χ0) is 16.3. The van der Waals surface area contributed by atoms with Crippen LogP contribution in [0.4, 0.5) is 18.9 Å². The maximum absolute atomic E-state index is 12.2. The van der Waals surface area contributed by atoms with Crippen LogP contribution >= 0.6 is 0 Å². The Labute approximate surface area is 123 Å². The number of nitrogens with one attached hydrogen (secondary N) is 1. The third-order valence-corrected chi connectivity index (χ3v) is 2.83. The van der Waals surface area contributed by atoms with Crippen LogP contribution < -0.4 is 5.32 Å². The first-order valence-corrected chi connectivity index (χ1v) is 6.13. The largest absolute Gasteiger partial charge is 0.477 e. The van der Waals surface area contributed by atoms with E-state index >= 15 is 0 Å². The minimum Gasteiger partial charge on any atom is -0.477 e. The van der Waals surface area contributed by atoms with Gasteiger partial charge >= 0.3 is 18.1 Å². The van der Waals surface area contributed by atoms with Crippen molar-refractivity contribution in [2.24, 2.45) is 0 Å². The van der Waals surface area contributed by atoms with Gasteiger partial charge in [-0.1, -0.05) is 30.3 Å². The monoisotopic (exact) mass is 312 g/mol. The van der Waals surface area contributed by atoms with Crippen molar-refractivity contribution in [1.29, 1.82) is 0 Å². The zero-order valence-electron chi connectivity index (χ0n) is 11.1. The summed E-state index contributed by atoms with van der Waals surface area (Å²) in [4.78, 5) is 22.0. The number of aromatic nitrogens is 1. The molecular formula is C14H11F3N2O3. The van der Waals surface area contributed by atoms with E-state index in [1.807, 2.05) is 0 Å². The Morgan fingerprint density at radius 2 is 1.82 bits per heavy atom. The molecule has 0 bridgehead atoms. The van der Waals surface area contributed by atoms with Gasteiger partial charge in [-0.3, -0.25) is 4.79 Å². The highest BCUT2D eigenvalue weighted by atomic mass is 19.4. The second-order valence-electron chi connectivity index (χ2n) is 4.48. The summed E-state index contributed by atoms with van der Waals surface area (Å²) in [5.41, 5.74) is 0.325. The molecule has 2 N–H and O–H groups in total. The lowest BCUT2D eigenvalue weighted by molar-refractivity contribution is -0.167. The number of hydrogen-bond acceptors (Lipinski definition) is 2. The number of amides is 1. The van der Waals surface area contributed by atoms with Crippen LogP contribution in [0.3, 0.4) is 0 Å². The van der Waals surface area contributed by atoms with Crippen LogP contribution in [0, 0.1) is 0 Å². The minimum absolute atomic E-state index is 0.157. The van der Waals surface area contributed by atoms with Gasteiger partial charge in [0.1, 0.15) is 5.69 Å². The summed E-state index contributed by atoms with van der Waals surface area (Å²) in [5.74, 6) is -3.45. The Balaban J connectivity index is 2.26. The second-order valence-corrected chi connectivity index (χ2v) is 4.48. The number of carbonyl (C=O) groups is 2. The fourth-order valence-corrected chi connectivity index (χ4v) is 1.87.